The van der Waals surface area contributed by atoms with Crippen LogP contribution >= 0.6 is 23.2 Å². The van der Waals surface area contributed by atoms with Gasteiger partial charge in [-0.2, -0.15) is 0 Å². The Labute approximate surface area is 172 Å². The summed E-state index contributed by atoms with van der Waals surface area (Å²) in [6.45, 7) is 0.456. The van der Waals surface area contributed by atoms with Crippen LogP contribution in [0, 0.1) is 0 Å². The van der Waals surface area contributed by atoms with Gasteiger partial charge < -0.3 is 24.8 Å². The summed E-state index contributed by atoms with van der Waals surface area (Å²) in [5, 5.41) is 6.07. The first-order valence-corrected chi connectivity index (χ1v) is 8.98. The molecule has 7 nitrogen and oxygen atoms in total. The van der Waals surface area contributed by atoms with Crippen LogP contribution in [-0.2, 0) is 0 Å². The molecule has 0 aromatic heterocycles. The van der Waals surface area contributed by atoms with Crippen LogP contribution in [0.4, 0.5) is 0 Å². The minimum atomic E-state index is -0.344. The Bertz CT molecular complexity index is 848. The first-order valence-electron chi connectivity index (χ1n) is 8.22. The van der Waals surface area contributed by atoms with Crippen LogP contribution in [-0.4, -0.2) is 46.2 Å². The second-order valence-electron chi connectivity index (χ2n) is 5.55. The van der Waals surface area contributed by atoms with Crippen molar-refractivity contribution in [2.75, 3.05) is 34.4 Å². The highest BCUT2D eigenvalue weighted by Gasteiger charge is 2.17. The van der Waals surface area contributed by atoms with Gasteiger partial charge >= 0.3 is 0 Å². The van der Waals surface area contributed by atoms with Gasteiger partial charge in [0.05, 0.1) is 31.4 Å². The van der Waals surface area contributed by atoms with E-state index >= 15 is 0 Å². The van der Waals surface area contributed by atoms with Crippen molar-refractivity contribution < 1.29 is 23.8 Å². The Morgan fingerprint density at radius 3 is 1.79 bits per heavy atom. The number of hydrogen-bond donors (Lipinski definition) is 2. The van der Waals surface area contributed by atoms with E-state index < -0.39 is 0 Å². The zero-order chi connectivity index (χ0) is 20.7. The average Bonchev–Trinajstić information content (AvgIpc) is 2.71. The smallest absolute Gasteiger partial charge is 0.251 e. The van der Waals surface area contributed by atoms with Gasteiger partial charge in [-0.1, -0.05) is 23.2 Å². The maximum absolute atomic E-state index is 12.4. The number of amides is 2. The summed E-state index contributed by atoms with van der Waals surface area (Å²) in [6.07, 6.45) is 0. The van der Waals surface area contributed by atoms with Crippen molar-refractivity contribution in [3.63, 3.8) is 0 Å². The van der Waals surface area contributed by atoms with E-state index in [9.17, 15) is 9.59 Å². The zero-order valence-electron chi connectivity index (χ0n) is 15.6. The molecule has 150 valence electrons. The molecule has 0 radical (unpaired) electrons. The topological polar surface area (TPSA) is 85.9 Å². The quantitative estimate of drug-likeness (QED) is 0.633. The van der Waals surface area contributed by atoms with Crippen LogP contribution in [0.1, 0.15) is 20.7 Å². The zero-order valence-corrected chi connectivity index (χ0v) is 17.1. The maximum Gasteiger partial charge on any atom is 0.251 e. The predicted molar refractivity (Wildman–Crippen MR) is 107 cm³/mol. The summed E-state index contributed by atoms with van der Waals surface area (Å²) in [5.74, 6) is 0.485. The second kappa shape index (κ2) is 10.1. The van der Waals surface area contributed by atoms with Crippen molar-refractivity contribution in [2.45, 2.75) is 0 Å². The molecule has 0 fully saturated rings. The van der Waals surface area contributed by atoms with E-state index in [4.69, 9.17) is 37.4 Å². The molecular formula is C19H20Cl2N2O5. The third kappa shape index (κ3) is 5.21. The van der Waals surface area contributed by atoms with Gasteiger partial charge in [-0.15, -0.1) is 0 Å². The number of carbonyl (C=O) groups is 2. The molecule has 0 saturated heterocycles. The summed E-state index contributed by atoms with van der Waals surface area (Å²) in [7, 11) is 4.42. The van der Waals surface area contributed by atoms with Crippen LogP contribution in [0.3, 0.4) is 0 Å². The average molecular weight is 427 g/mol. The van der Waals surface area contributed by atoms with Gasteiger partial charge in [0.15, 0.2) is 11.5 Å². The molecule has 0 spiro atoms. The lowest BCUT2D eigenvalue weighted by molar-refractivity contribution is 0.0927. The maximum atomic E-state index is 12.4. The lowest BCUT2D eigenvalue weighted by Gasteiger charge is -2.14. The molecule has 2 amide bonds. The molecule has 28 heavy (non-hydrogen) atoms. The van der Waals surface area contributed by atoms with Crippen LogP contribution < -0.4 is 24.8 Å². The summed E-state index contributed by atoms with van der Waals surface area (Å²) in [6, 6.07) is 7.69. The number of methoxy groups -OCH3 is 3. The number of carbonyl (C=O) groups excluding carboxylic acids is 2. The van der Waals surface area contributed by atoms with Crippen LogP contribution in [0.2, 0.25) is 10.0 Å². The largest absolute Gasteiger partial charge is 0.493 e. The Morgan fingerprint density at radius 2 is 1.32 bits per heavy atom. The van der Waals surface area contributed by atoms with E-state index in [0.29, 0.717) is 38.4 Å². The summed E-state index contributed by atoms with van der Waals surface area (Å²) in [4.78, 5) is 24.5. The summed E-state index contributed by atoms with van der Waals surface area (Å²) >= 11 is 11.7. The number of rotatable bonds is 8. The van der Waals surface area contributed by atoms with E-state index in [0.717, 1.165) is 0 Å². The number of hydrogen-bond acceptors (Lipinski definition) is 5. The van der Waals surface area contributed by atoms with Crippen molar-refractivity contribution in [1.82, 2.24) is 10.6 Å². The minimum absolute atomic E-state index is 0.225. The number of benzene rings is 2. The van der Waals surface area contributed by atoms with E-state index in [2.05, 4.69) is 10.6 Å². The Balaban J connectivity index is 1.93. The van der Waals surface area contributed by atoms with E-state index in [1.807, 2.05) is 0 Å². The highest BCUT2D eigenvalue weighted by Crippen LogP contribution is 2.38. The number of nitrogens with one attached hydrogen (secondary N) is 2. The van der Waals surface area contributed by atoms with Gasteiger partial charge in [0.1, 0.15) is 0 Å². The molecular weight excluding hydrogens is 407 g/mol. The van der Waals surface area contributed by atoms with Gasteiger partial charge in [-0.25, -0.2) is 0 Å². The van der Waals surface area contributed by atoms with Crippen LogP contribution in [0.15, 0.2) is 30.3 Å². The van der Waals surface area contributed by atoms with Crippen molar-refractivity contribution in [1.29, 1.82) is 0 Å². The molecule has 0 aliphatic heterocycles. The van der Waals surface area contributed by atoms with Crippen molar-refractivity contribution in [2.24, 2.45) is 0 Å². The molecule has 2 N–H and O–H groups in total. The molecule has 0 heterocycles. The van der Waals surface area contributed by atoms with Crippen LogP contribution in [0.5, 0.6) is 17.2 Å². The molecule has 0 bridgehead atoms. The standard InChI is InChI=1S/C19H20Cl2N2O5/c1-26-15-9-12(10-16(27-2)17(15)28-3)19(25)23-7-6-22-18(24)11-4-5-13(20)14(21)8-11/h4-5,8-10H,6-7H2,1-3H3,(H,22,24)(H,23,25). The number of halogens is 2. The fourth-order valence-corrected chi connectivity index (χ4v) is 2.70. The normalized spacial score (nSPS) is 10.2. The molecule has 0 aliphatic rings. The highest BCUT2D eigenvalue weighted by molar-refractivity contribution is 6.42. The first kappa shape index (κ1) is 21.7. The molecule has 0 atom stereocenters. The molecule has 0 saturated carbocycles. The lowest BCUT2D eigenvalue weighted by atomic mass is 10.1. The van der Waals surface area contributed by atoms with E-state index in [1.165, 1.54) is 27.4 Å². The molecule has 0 aliphatic carbocycles. The third-order valence-corrected chi connectivity index (χ3v) is 4.54. The van der Waals surface area contributed by atoms with Gasteiger partial charge in [0, 0.05) is 24.2 Å². The van der Waals surface area contributed by atoms with Crippen molar-refractivity contribution in [3.05, 3.63) is 51.5 Å². The van der Waals surface area contributed by atoms with Crippen molar-refractivity contribution >= 4 is 35.0 Å². The van der Waals surface area contributed by atoms with Gasteiger partial charge in [0.2, 0.25) is 5.75 Å². The Kier molecular flexibility index (Phi) is 7.78. The molecule has 0 unspecified atom stereocenters. The van der Waals surface area contributed by atoms with Crippen molar-refractivity contribution in [3.8, 4) is 17.2 Å². The fraction of sp³-hybridized carbons (Fsp3) is 0.263. The number of ether oxygens (including phenoxy) is 3. The Hall–Kier alpha value is -2.64. The van der Waals surface area contributed by atoms with E-state index in [1.54, 1.807) is 24.3 Å². The second-order valence-corrected chi connectivity index (χ2v) is 6.37. The molecule has 2 rings (SSSR count). The van der Waals surface area contributed by atoms with E-state index in [-0.39, 0.29) is 24.9 Å². The SMILES string of the molecule is COc1cc(C(=O)NCCNC(=O)c2ccc(Cl)c(Cl)c2)cc(OC)c1OC. The van der Waals surface area contributed by atoms with Gasteiger partial charge in [0.25, 0.3) is 11.8 Å². The summed E-state index contributed by atoms with van der Waals surface area (Å²) < 4.78 is 15.7. The predicted octanol–water partition coefficient (Wildman–Crippen LogP) is 3.18. The van der Waals surface area contributed by atoms with Gasteiger partial charge in [-0.05, 0) is 30.3 Å². The summed E-state index contributed by atoms with van der Waals surface area (Å²) in [5.41, 5.74) is 0.718. The first-order chi connectivity index (χ1) is 13.4. The minimum Gasteiger partial charge on any atom is -0.493 e. The lowest BCUT2D eigenvalue weighted by Crippen LogP contribution is -2.34. The third-order valence-electron chi connectivity index (χ3n) is 3.80. The monoisotopic (exact) mass is 426 g/mol. The van der Waals surface area contributed by atoms with Crippen LogP contribution in [0.25, 0.3) is 0 Å². The molecule has 2 aromatic rings. The Morgan fingerprint density at radius 1 is 0.786 bits per heavy atom. The fourth-order valence-electron chi connectivity index (χ4n) is 2.41. The van der Waals surface area contributed by atoms with Gasteiger partial charge in [-0.3, -0.25) is 9.59 Å². The molecule has 2 aromatic carbocycles. The molecule has 9 heteroatoms. The highest BCUT2D eigenvalue weighted by atomic mass is 35.5.